The number of benzene rings is 1. The zero-order valence-corrected chi connectivity index (χ0v) is 10.3. The molecule has 0 saturated carbocycles. The van der Waals surface area contributed by atoms with Crippen LogP contribution in [-0.2, 0) is 6.42 Å². The number of hydrogen-bond acceptors (Lipinski definition) is 1. The Morgan fingerprint density at radius 1 is 1.20 bits per heavy atom. The molecule has 1 aromatic carbocycles. The normalized spacial score (nSPS) is 10.3. The van der Waals surface area contributed by atoms with Gasteiger partial charge < -0.3 is 0 Å². The zero-order chi connectivity index (χ0) is 10.7. The second-order valence-electron chi connectivity index (χ2n) is 3.24. The first kappa shape index (κ1) is 10.7. The molecule has 76 valence electrons. The van der Waals surface area contributed by atoms with Crippen LogP contribution < -0.4 is 0 Å². The van der Waals surface area contributed by atoms with E-state index in [0.29, 0.717) is 5.02 Å². The smallest absolute Gasteiger partial charge is 0.0600 e. The Morgan fingerprint density at radius 3 is 2.60 bits per heavy atom. The number of hydrogen-bond donors (Lipinski definition) is 0. The van der Waals surface area contributed by atoms with E-state index < -0.39 is 0 Å². The lowest BCUT2D eigenvalue weighted by atomic mass is 10.1. The van der Waals surface area contributed by atoms with Crippen LogP contribution in [0.5, 0.6) is 0 Å². The van der Waals surface area contributed by atoms with Crippen molar-refractivity contribution in [1.82, 2.24) is 4.98 Å². The van der Waals surface area contributed by atoms with Crippen LogP contribution in [0.3, 0.4) is 0 Å². The maximum atomic E-state index is 5.83. The number of halogens is 2. The molecule has 1 aromatic heterocycles. The summed E-state index contributed by atoms with van der Waals surface area (Å²) >= 11 is 9.29. The van der Waals surface area contributed by atoms with Gasteiger partial charge >= 0.3 is 0 Å². The Morgan fingerprint density at radius 2 is 1.93 bits per heavy atom. The Kier molecular flexibility index (Phi) is 3.39. The van der Waals surface area contributed by atoms with E-state index in [4.69, 9.17) is 11.6 Å². The van der Waals surface area contributed by atoms with E-state index in [1.807, 2.05) is 24.3 Å². The summed E-state index contributed by atoms with van der Waals surface area (Å²) in [5, 5.41) is 0.652. The van der Waals surface area contributed by atoms with Crippen LogP contribution in [-0.4, -0.2) is 4.98 Å². The fourth-order valence-electron chi connectivity index (χ4n) is 1.36. The van der Waals surface area contributed by atoms with Crippen LogP contribution >= 0.6 is 27.5 Å². The molecule has 0 aliphatic heterocycles. The minimum absolute atomic E-state index is 0.652. The summed E-state index contributed by atoms with van der Waals surface area (Å²) in [4.78, 5) is 4.29. The minimum atomic E-state index is 0.652. The molecule has 1 heterocycles. The maximum absolute atomic E-state index is 5.83. The highest BCUT2D eigenvalue weighted by atomic mass is 79.9. The van der Waals surface area contributed by atoms with Crippen molar-refractivity contribution >= 4 is 27.5 Å². The van der Waals surface area contributed by atoms with Gasteiger partial charge in [0, 0.05) is 17.1 Å². The zero-order valence-electron chi connectivity index (χ0n) is 7.95. The lowest BCUT2D eigenvalue weighted by Crippen LogP contribution is -1.93. The van der Waals surface area contributed by atoms with E-state index >= 15 is 0 Å². The molecule has 0 aliphatic carbocycles. The first-order valence-electron chi connectivity index (χ1n) is 4.59. The van der Waals surface area contributed by atoms with Gasteiger partial charge in [-0.15, -0.1) is 0 Å². The second kappa shape index (κ2) is 4.77. The van der Waals surface area contributed by atoms with Crippen LogP contribution in [0.2, 0.25) is 5.02 Å². The molecule has 3 heteroatoms. The van der Waals surface area contributed by atoms with E-state index in [1.54, 1.807) is 6.20 Å². The fraction of sp³-hybridized carbons (Fsp3) is 0.0833. The highest BCUT2D eigenvalue weighted by Crippen LogP contribution is 2.21. The van der Waals surface area contributed by atoms with Gasteiger partial charge in [0.2, 0.25) is 0 Å². The lowest BCUT2D eigenvalue weighted by Gasteiger charge is -2.03. The molecular formula is C12H9BrClN. The summed E-state index contributed by atoms with van der Waals surface area (Å²) in [7, 11) is 0. The second-order valence-corrected chi connectivity index (χ2v) is 4.54. The third-order valence-corrected chi connectivity index (χ3v) is 2.99. The topological polar surface area (TPSA) is 12.9 Å². The molecule has 2 aromatic rings. The van der Waals surface area contributed by atoms with Gasteiger partial charge in [-0.2, -0.15) is 0 Å². The van der Waals surface area contributed by atoms with Crippen molar-refractivity contribution in [3.8, 4) is 0 Å². The van der Waals surface area contributed by atoms with Crippen molar-refractivity contribution in [2.45, 2.75) is 6.42 Å². The molecule has 15 heavy (non-hydrogen) atoms. The van der Waals surface area contributed by atoms with Gasteiger partial charge in [-0.1, -0.05) is 41.9 Å². The first-order chi connectivity index (χ1) is 7.25. The van der Waals surface area contributed by atoms with Crippen LogP contribution in [0.4, 0.5) is 0 Å². The van der Waals surface area contributed by atoms with Gasteiger partial charge in [-0.3, -0.25) is 4.98 Å². The van der Waals surface area contributed by atoms with Crippen molar-refractivity contribution < 1.29 is 0 Å². The van der Waals surface area contributed by atoms with Crippen molar-refractivity contribution in [2.75, 3.05) is 0 Å². The summed E-state index contributed by atoms with van der Waals surface area (Å²) in [5.74, 6) is 0. The Labute approximate surface area is 102 Å². The highest BCUT2D eigenvalue weighted by Gasteiger charge is 2.03. The molecule has 0 radical (unpaired) electrons. The van der Waals surface area contributed by atoms with Crippen molar-refractivity contribution in [3.63, 3.8) is 0 Å². The molecule has 0 amide bonds. The van der Waals surface area contributed by atoms with E-state index in [1.165, 1.54) is 5.56 Å². The number of nitrogens with zero attached hydrogens (tertiary/aromatic N) is 1. The summed E-state index contributed by atoms with van der Waals surface area (Å²) in [6.07, 6.45) is 2.49. The average Bonchev–Trinajstić information content (AvgIpc) is 2.24. The van der Waals surface area contributed by atoms with Crippen molar-refractivity contribution in [2.24, 2.45) is 0 Å². The predicted octanol–water partition coefficient (Wildman–Crippen LogP) is 4.09. The monoisotopic (exact) mass is 281 g/mol. The summed E-state index contributed by atoms with van der Waals surface area (Å²) < 4.78 is 0.957. The quantitative estimate of drug-likeness (QED) is 0.808. The lowest BCUT2D eigenvalue weighted by molar-refractivity contribution is 1.06. The number of rotatable bonds is 2. The number of aromatic nitrogens is 1. The first-order valence-corrected chi connectivity index (χ1v) is 5.76. The van der Waals surface area contributed by atoms with Gasteiger partial charge in [0.25, 0.3) is 0 Å². The molecular weight excluding hydrogens is 273 g/mol. The van der Waals surface area contributed by atoms with E-state index in [9.17, 15) is 0 Å². The summed E-state index contributed by atoms with van der Waals surface area (Å²) in [6, 6.07) is 12.1. The molecule has 1 nitrogen and oxygen atoms in total. The van der Waals surface area contributed by atoms with Gasteiger partial charge in [0.05, 0.1) is 10.7 Å². The molecule has 0 spiro atoms. The average molecular weight is 283 g/mol. The Balaban J connectivity index is 2.25. The number of pyridine rings is 1. The minimum Gasteiger partial charge on any atom is -0.258 e. The van der Waals surface area contributed by atoms with Crippen molar-refractivity contribution in [1.29, 1.82) is 0 Å². The summed E-state index contributed by atoms with van der Waals surface area (Å²) in [6.45, 7) is 0. The Hall–Kier alpha value is -0.860. The Bertz CT molecular complexity index is 456. The SMILES string of the molecule is Clc1cnc(Cc2ccccc2)c(Br)c1. The summed E-state index contributed by atoms with van der Waals surface area (Å²) in [5.41, 5.74) is 2.25. The fourth-order valence-corrected chi connectivity index (χ4v) is 2.14. The van der Waals surface area contributed by atoms with E-state index in [0.717, 1.165) is 16.6 Å². The molecule has 0 bridgehead atoms. The van der Waals surface area contributed by atoms with E-state index in [2.05, 4.69) is 33.0 Å². The molecule has 0 fully saturated rings. The molecule has 0 atom stereocenters. The van der Waals surface area contributed by atoms with E-state index in [-0.39, 0.29) is 0 Å². The maximum Gasteiger partial charge on any atom is 0.0600 e. The molecule has 0 aliphatic rings. The van der Waals surface area contributed by atoms with Gasteiger partial charge in [0.15, 0.2) is 0 Å². The van der Waals surface area contributed by atoms with Gasteiger partial charge in [0.1, 0.15) is 0 Å². The van der Waals surface area contributed by atoms with Crippen LogP contribution in [0.1, 0.15) is 11.3 Å². The van der Waals surface area contributed by atoms with Gasteiger partial charge in [-0.25, -0.2) is 0 Å². The van der Waals surface area contributed by atoms with Crippen LogP contribution in [0.25, 0.3) is 0 Å². The third-order valence-electron chi connectivity index (χ3n) is 2.10. The standard InChI is InChI=1S/C12H9BrClN/c13-11-7-10(14)8-15-12(11)6-9-4-2-1-3-5-9/h1-5,7-8H,6H2. The van der Waals surface area contributed by atoms with Crippen molar-refractivity contribution in [3.05, 3.63) is 63.3 Å². The molecule has 2 rings (SSSR count). The third kappa shape index (κ3) is 2.80. The van der Waals surface area contributed by atoms with Crippen LogP contribution in [0, 0.1) is 0 Å². The highest BCUT2D eigenvalue weighted by molar-refractivity contribution is 9.10. The largest absolute Gasteiger partial charge is 0.258 e. The predicted molar refractivity (Wildman–Crippen MR) is 66.2 cm³/mol. The van der Waals surface area contributed by atoms with Gasteiger partial charge in [-0.05, 0) is 27.6 Å². The molecule has 0 N–H and O–H groups in total. The molecule has 0 saturated heterocycles. The molecule has 0 unspecified atom stereocenters. The van der Waals surface area contributed by atoms with Crippen LogP contribution in [0.15, 0.2) is 47.1 Å².